The number of ketones is 1. The lowest BCUT2D eigenvalue weighted by Crippen LogP contribution is -2.56. The van der Waals surface area contributed by atoms with Gasteiger partial charge in [-0.3, -0.25) is 4.79 Å². The van der Waals surface area contributed by atoms with Crippen molar-refractivity contribution in [3.8, 4) is 5.75 Å². The van der Waals surface area contributed by atoms with Crippen LogP contribution in [0.5, 0.6) is 5.75 Å². The number of rotatable bonds is 2. The van der Waals surface area contributed by atoms with Crippen molar-refractivity contribution < 1.29 is 13.9 Å². The van der Waals surface area contributed by atoms with Crippen LogP contribution in [0.3, 0.4) is 0 Å². The maximum Gasteiger partial charge on any atom is 0.165 e. The van der Waals surface area contributed by atoms with Crippen molar-refractivity contribution in [3.05, 3.63) is 29.6 Å². The second-order valence-electron chi connectivity index (χ2n) is 6.24. The van der Waals surface area contributed by atoms with E-state index >= 15 is 0 Å². The van der Waals surface area contributed by atoms with Gasteiger partial charge < -0.3 is 4.74 Å². The monoisotopic (exact) mass is 276 g/mol. The molecule has 0 amide bonds. The fourth-order valence-corrected chi connectivity index (χ4v) is 3.58. The van der Waals surface area contributed by atoms with Crippen LogP contribution in [-0.4, -0.2) is 11.9 Å². The fraction of sp³-hybridized carbons (Fsp3) is 0.588. The van der Waals surface area contributed by atoms with Crippen LogP contribution in [0.4, 0.5) is 4.39 Å². The molecule has 2 nitrogen and oxygen atoms in total. The van der Waals surface area contributed by atoms with E-state index < -0.39 is 0 Å². The van der Waals surface area contributed by atoms with Gasteiger partial charge in [0.05, 0.1) is 5.41 Å². The van der Waals surface area contributed by atoms with Gasteiger partial charge in [0.15, 0.2) is 11.6 Å². The van der Waals surface area contributed by atoms with E-state index in [1.165, 1.54) is 18.9 Å². The molecule has 3 heteroatoms. The Bertz CT molecular complexity index is 516. The van der Waals surface area contributed by atoms with Gasteiger partial charge in [-0.2, -0.15) is 0 Å². The Hall–Kier alpha value is -1.38. The van der Waals surface area contributed by atoms with Gasteiger partial charge in [0.2, 0.25) is 0 Å². The molecule has 0 saturated heterocycles. The molecule has 1 unspecified atom stereocenters. The Morgan fingerprint density at radius 2 is 1.90 bits per heavy atom. The Balaban J connectivity index is 1.80. The zero-order valence-electron chi connectivity index (χ0n) is 12.0. The van der Waals surface area contributed by atoms with Crippen molar-refractivity contribution in [3.63, 3.8) is 0 Å². The van der Waals surface area contributed by atoms with Crippen LogP contribution in [0, 0.1) is 18.2 Å². The van der Waals surface area contributed by atoms with E-state index in [0.717, 1.165) is 31.2 Å². The summed E-state index contributed by atoms with van der Waals surface area (Å²) in [4.78, 5) is 12.1. The van der Waals surface area contributed by atoms with Crippen LogP contribution < -0.4 is 4.74 Å². The summed E-state index contributed by atoms with van der Waals surface area (Å²) in [7, 11) is 0. The Kier molecular flexibility index (Phi) is 3.53. The summed E-state index contributed by atoms with van der Waals surface area (Å²) in [6.07, 6.45) is 6.68. The van der Waals surface area contributed by atoms with Crippen molar-refractivity contribution in [1.82, 2.24) is 0 Å². The lowest BCUT2D eigenvalue weighted by molar-refractivity contribution is -0.154. The van der Waals surface area contributed by atoms with E-state index in [2.05, 4.69) is 0 Å². The molecule has 3 rings (SSSR count). The van der Waals surface area contributed by atoms with Crippen molar-refractivity contribution in [2.24, 2.45) is 5.41 Å². The SMILES string of the molecule is Cc1ccc(F)c(OC2CC(=O)C23CCCCCC3)c1. The molecule has 0 aromatic heterocycles. The van der Waals surface area contributed by atoms with Crippen LogP contribution in [0.1, 0.15) is 50.5 Å². The van der Waals surface area contributed by atoms with Gasteiger partial charge in [0.25, 0.3) is 0 Å². The van der Waals surface area contributed by atoms with Gasteiger partial charge >= 0.3 is 0 Å². The number of halogens is 1. The largest absolute Gasteiger partial charge is 0.486 e. The summed E-state index contributed by atoms with van der Waals surface area (Å²) in [5.74, 6) is 0.280. The summed E-state index contributed by atoms with van der Waals surface area (Å²) in [6.45, 7) is 1.92. The summed E-state index contributed by atoms with van der Waals surface area (Å²) in [6, 6.07) is 4.89. The second-order valence-corrected chi connectivity index (χ2v) is 6.24. The average Bonchev–Trinajstić information content (AvgIpc) is 2.70. The summed E-state index contributed by atoms with van der Waals surface area (Å²) >= 11 is 0. The quantitative estimate of drug-likeness (QED) is 0.809. The Labute approximate surface area is 119 Å². The summed E-state index contributed by atoms with van der Waals surface area (Å²) in [5, 5.41) is 0. The molecule has 1 aromatic carbocycles. The third-order valence-electron chi connectivity index (χ3n) is 4.89. The maximum atomic E-state index is 13.8. The first-order chi connectivity index (χ1) is 9.62. The first-order valence-corrected chi connectivity index (χ1v) is 7.58. The number of carbonyl (C=O) groups is 1. The molecule has 0 heterocycles. The van der Waals surface area contributed by atoms with Gasteiger partial charge in [-0.15, -0.1) is 0 Å². The lowest BCUT2D eigenvalue weighted by atomic mass is 9.60. The minimum Gasteiger partial charge on any atom is -0.486 e. The van der Waals surface area contributed by atoms with Gasteiger partial charge in [0.1, 0.15) is 11.9 Å². The van der Waals surface area contributed by atoms with Gasteiger partial charge in [0, 0.05) is 6.42 Å². The number of hydrogen-bond donors (Lipinski definition) is 0. The Morgan fingerprint density at radius 1 is 1.20 bits per heavy atom. The molecule has 0 N–H and O–H groups in total. The first kappa shape index (κ1) is 13.6. The molecule has 0 aliphatic heterocycles. The summed E-state index contributed by atoms with van der Waals surface area (Å²) in [5.41, 5.74) is 0.647. The van der Waals surface area contributed by atoms with Crippen molar-refractivity contribution in [1.29, 1.82) is 0 Å². The van der Waals surface area contributed by atoms with Gasteiger partial charge in [-0.05, 0) is 37.5 Å². The van der Waals surface area contributed by atoms with E-state index in [1.54, 1.807) is 12.1 Å². The van der Waals surface area contributed by atoms with Crippen LogP contribution in [-0.2, 0) is 4.79 Å². The molecule has 0 radical (unpaired) electrons. The van der Waals surface area contributed by atoms with E-state index in [4.69, 9.17) is 4.74 Å². The molecule has 1 aromatic rings. The maximum absolute atomic E-state index is 13.8. The van der Waals surface area contributed by atoms with Crippen LogP contribution in [0.15, 0.2) is 18.2 Å². The molecule has 0 bridgehead atoms. The minimum absolute atomic E-state index is 0.135. The van der Waals surface area contributed by atoms with Crippen molar-refractivity contribution in [2.75, 3.05) is 0 Å². The van der Waals surface area contributed by atoms with Crippen molar-refractivity contribution >= 4 is 5.78 Å². The molecule has 2 aliphatic rings. The van der Waals surface area contributed by atoms with Crippen LogP contribution in [0.25, 0.3) is 0 Å². The highest BCUT2D eigenvalue weighted by atomic mass is 19.1. The molecule has 2 saturated carbocycles. The number of ether oxygens (including phenoxy) is 1. The standard InChI is InChI=1S/C17H21FO2/c1-12-6-7-13(18)14(10-12)20-16-11-15(19)17(16)8-4-2-3-5-9-17/h6-7,10,16H,2-5,8-9,11H2,1H3. The highest BCUT2D eigenvalue weighted by Gasteiger charge is 2.55. The predicted molar refractivity (Wildman–Crippen MR) is 75.3 cm³/mol. The number of carbonyl (C=O) groups excluding carboxylic acids is 1. The first-order valence-electron chi connectivity index (χ1n) is 7.58. The zero-order chi connectivity index (χ0) is 14.2. The van der Waals surface area contributed by atoms with Crippen LogP contribution >= 0.6 is 0 Å². The Morgan fingerprint density at radius 3 is 2.55 bits per heavy atom. The third-order valence-corrected chi connectivity index (χ3v) is 4.89. The molecule has 1 spiro atoms. The number of Topliss-reactive ketones (excluding diaryl/α,β-unsaturated/α-hetero) is 1. The number of hydrogen-bond acceptors (Lipinski definition) is 2. The number of aryl methyl sites for hydroxylation is 1. The third kappa shape index (κ3) is 2.23. The van der Waals surface area contributed by atoms with E-state index in [-0.39, 0.29) is 17.3 Å². The topological polar surface area (TPSA) is 26.3 Å². The number of benzene rings is 1. The molecule has 1 atom stereocenters. The molecule has 2 fully saturated rings. The normalized spacial score (nSPS) is 25.1. The van der Waals surface area contributed by atoms with Crippen LogP contribution in [0.2, 0.25) is 0 Å². The zero-order valence-corrected chi connectivity index (χ0v) is 12.0. The molecule has 20 heavy (non-hydrogen) atoms. The van der Waals surface area contributed by atoms with E-state index in [0.29, 0.717) is 18.0 Å². The molecular weight excluding hydrogens is 255 g/mol. The molecule has 2 aliphatic carbocycles. The van der Waals surface area contributed by atoms with Gasteiger partial charge in [-0.25, -0.2) is 4.39 Å². The predicted octanol–water partition coefficient (Wildman–Crippen LogP) is 4.19. The second kappa shape index (κ2) is 5.19. The highest BCUT2D eigenvalue weighted by Crippen LogP contribution is 2.49. The van der Waals surface area contributed by atoms with E-state index in [1.807, 2.05) is 6.92 Å². The molecule has 108 valence electrons. The minimum atomic E-state index is -0.335. The van der Waals surface area contributed by atoms with Gasteiger partial charge in [-0.1, -0.05) is 31.7 Å². The lowest BCUT2D eigenvalue weighted by Gasteiger charge is -2.47. The smallest absolute Gasteiger partial charge is 0.165 e. The van der Waals surface area contributed by atoms with E-state index in [9.17, 15) is 9.18 Å². The fourth-order valence-electron chi connectivity index (χ4n) is 3.58. The summed E-state index contributed by atoms with van der Waals surface area (Å²) < 4.78 is 19.7. The van der Waals surface area contributed by atoms with Crippen molar-refractivity contribution in [2.45, 2.75) is 58.0 Å². The highest BCUT2D eigenvalue weighted by molar-refractivity contribution is 5.92. The average molecular weight is 276 g/mol. The molecular formula is C17H21FO2.